The van der Waals surface area contributed by atoms with Crippen molar-refractivity contribution >= 4 is 40.1 Å². The zero-order valence-electron chi connectivity index (χ0n) is 18.6. The summed E-state index contributed by atoms with van der Waals surface area (Å²) in [5, 5.41) is 4.06. The van der Waals surface area contributed by atoms with Crippen LogP contribution in [0.2, 0.25) is 5.02 Å². The van der Waals surface area contributed by atoms with Crippen LogP contribution in [0.3, 0.4) is 0 Å². The van der Waals surface area contributed by atoms with Crippen LogP contribution in [0.15, 0.2) is 48.5 Å². The minimum Gasteiger partial charge on any atom is -0.452 e. The maximum absolute atomic E-state index is 13.2. The number of anilines is 1. The summed E-state index contributed by atoms with van der Waals surface area (Å²) < 4.78 is 5.48. The van der Waals surface area contributed by atoms with Gasteiger partial charge in [-0.25, -0.2) is 4.79 Å². The Labute approximate surface area is 193 Å². The molecule has 5 nitrogen and oxygen atoms in total. The minimum absolute atomic E-state index is 0.128. The van der Waals surface area contributed by atoms with Crippen molar-refractivity contribution in [1.29, 1.82) is 0 Å². The lowest BCUT2D eigenvalue weighted by molar-refractivity contribution is -0.119. The molecule has 1 aliphatic rings. The summed E-state index contributed by atoms with van der Waals surface area (Å²) in [7, 11) is 0. The van der Waals surface area contributed by atoms with E-state index in [0.29, 0.717) is 22.2 Å². The summed E-state index contributed by atoms with van der Waals surface area (Å²) in [6.45, 7) is 6.33. The molecule has 1 heterocycles. The highest BCUT2D eigenvalue weighted by Gasteiger charge is 2.33. The van der Waals surface area contributed by atoms with Gasteiger partial charge in [-0.05, 0) is 66.5 Å². The zero-order chi connectivity index (χ0) is 22.9. The molecular weight excluding hydrogens is 424 g/mol. The molecule has 32 heavy (non-hydrogen) atoms. The van der Waals surface area contributed by atoms with Gasteiger partial charge in [0.05, 0.1) is 11.1 Å². The number of halogens is 1. The average Bonchev–Trinajstić information content (AvgIpc) is 2.76. The summed E-state index contributed by atoms with van der Waals surface area (Å²) in [5.74, 6) is -0.446. The van der Waals surface area contributed by atoms with E-state index in [1.807, 2.05) is 24.3 Å². The summed E-state index contributed by atoms with van der Waals surface area (Å²) in [5.41, 5.74) is 3.95. The number of esters is 1. The van der Waals surface area contributed by atoms with Crippen molar-refractivity contribution in [3.05, 3.63) is 70.4 Å². The Morgan fingerprint density at radius 3 is 2.56 bits per heavy atom. The Hall–Kier alpha value is -2.92. The third kappa shape index (κ3) is 4.78. The van der Waals surface area contributed by atoms with Crippen LogP contribution in [-0.2, 0) is 22.4 Å². The van der Waals surface area contributed by atoms with E-state index in [1.165, 1.54) is 0 Å². The van der Waals surface area contributed by atoms with Gasteiger partial charge in [-0.15, -0.1) is 0 Å². The van der Waals surface area contributed by atoms with E-state index in [0.717, 1.165) is 41.4 Å². The number of para-hydroxylation sites is 1. The number of carbonyl (C=O) groups is 2. The molecule has 3 aromatic rings. The molecule has 1 atom stereocenters. The SMILES string of the molecule is CC(C)(C)C1CCc2nc3ccccc3c(C(=O)OCC(=O)Nc3ccc(Cl)cc3)c2C1. The van der Waals surface area contributed by atoms with Crippen LogP contribution in [0.5, 0.6) is 0 Å². The molecular formula is C26H27ClN2O3. The molecule has 1 aliphatic carbocycles. The van der Waals surface area contributed by atoms with Crippen LogP contribution < -0.4 is 5.32 Å². The fraction of sp³-hybridized carbons (Fsp3) is 0.346. The standard InChI is InChI=1S/C26H27ClN2O3/c1-26(2,3)16-8-13-22-20(14-16)24(19-6-4-5-7-21(19)29-22)25(31)32-15-23(30)28-18-11-9-17(27)10-12-18/h4-7,9-12,16H,8,13-15H2,1-3H3,(H,28,30). The number of pyridine rings is 1. The number of nitrogens with one attached hydrogen (secondary N) is 1. The Kier molecular flexibility index (Phi) is 6.20. The highest BCUT2D eigenvalue weighted by atomic mass is 35.5. The van der Waals surface area contributed by atoms with Crippen LogP contribution in [0.1, 0.15) is 48.8 Å². The number of nitrogens with zero attached hydrogens (tertiary/aromatic N) is 1. The number of aromatic nitrogens is 1. The number of amides is 1. The number of hydrogen-bond acceptors (Lipinski definition) is 4. The third-order valence-corrected chi connectivity index (χ3v) is 6.40. The van der Waals surface area contributed by atoms with Crippen LogP contribution >= 0.6 is 11.6 Å². The molecule has 0 radical (unpaired) electrons. The van der Waals surface area contributed by atoms with E-state index in [1.54, 1.807) is 24.3 Å². The summed E-state index contributed by atoms with van der Waals surface area (Å²) in [4.78, 5) is 30.4. The van der Waals surface area contributed by atoms with Gasteiger partial charge in [0.15, 0.2) is 6.61 Å². The lowest BCUT2D eigenvalue weighted by Gasteiger charge is -2.35. The van der Waals surface area contributed by atoms with Gasteiger partial charge in [0.1, 0.15) is 0 Å². The quantitative estimate of drug-likeness (QED) is 0.507. The summed E-state index contributed by atoms with van der Waals surface area (Å²) in [6.07, 6.45) is 2.65. The second-order valence-corrected chi connectivity index (χ2v) is 9.80. The molecule has 2 aromatic carbocycles. The maximum Gasteiger partial charge on any atom is 0.339 e. The van der Waals surface area contributed by atoms with Crippen molar-refractivity contribution in [2.24, 2.45) is 11.3 Å². The normalized spacial score (nSPS) is 15.8. The van der Waals surface area contributed by atoms with E-state index in [2.05, 4.69) is 26.1 Å². The van der Waals surface area contributed by atoms with Crippen LogP contribution in [0.25, 0.3) is 10.9 Å². The van der Waals surface area contributed by atoms with Gasteiger partial charge in [0, 0.05) is 21.8 Å². The molecule has 0 saturated heterocycles. The number of benzene rings is 2. The van der Waals surface area contributed by atoms with Crippen molar-refractivity contribution < 1.29 is 14.3 Å². The van der Waals surface area contributed by atoms with Gasteiger partial charge in [-0.3, -0.25) is 9.78 Å². The van der Waals surface area contributed by atoms with E-state index in [9.17, 15) is 9.59 Å². The number of carbonyl (C=O) groups excluding carboxylic acids is 2. The highest BCUT2D eigenvalue weighted by molar-refractivity contribution is 6.30. The molecule has 0 fully saturated rings. The molecule has 1 amide bonds. The van der Waals surface area contributed by atoms with Gasteiger partial charge in [-0.2, -0.15) is 0 Å². The lowest BCUT2D eigenvalue weighted by atomic mass is 9.70. The molecule has 1 unspecified atom stereocenters. The highest BCUT2D eigenvalue weighted by Crippen LogP contribution is 2.39. The number of rotatable bonds is 4. The van der Waals surface area contributed by atoms with Gasteiger partial charge in [0.25, 0.3) is 5.91 Å². The molecule has 0 spiro atoms. The first-order chi connectivity index (χ1) is 15.2. The van der Waals surface area contributed by atoms with Gasteiger partial charge < -0.3 is 10.1 Å². The first-order valence-corrected chi connectivity index (χ1v) is 11.2. The molecule has 0 bridgehead atoms. The number of hydrogen-bond donors (Lipinski definition) is 1. The second-order valence-electron chi connectivity index (χ2n) is 9.37. The van der Waals surface area contributed by atoms with E-state index >= 15 is 0 Å². The Balaban J connectivity index is 1.59. The van der Waals surface area contributed by atoms with Crippen LogP contribution in [0.4, 0.5) is 5.69 Å². The van der Waals surface area contributed by atoms with Crippen molar-refractivity contribution in [2.75, 3.05) is 11.9 Å². The average molecular weight is 451 g/mol. The lowest BCUT2D eigenvalue weighted by Crippen LogP contribution is -2.29. The summed E-state index contributed by atoms with van der Waals surface area (Å²) in [6, 6.07) is 14.4. The molecule has 1 aromatic heterocycles. The fourth-order valence-corrected chi connectivity index (χ4v) is 4.42. The molecule has 166 valence electrons. The Morgan fingerprint density at radius 2 is 1.84 bits per heavy atom. The van der Waals surface area contributed by atoms with Crippen LogP contribution in [0, 0.1) is 11.3 Å². The van der Waals surface area contributed by atoms with Crippen LogP contribution in [-0.4, -0.2) is 23.5 Å². The van der Waals surface area contributed by atoms with Crippen molar-refractivity contribution in [3.63, 3.8) is 0 Å². The van der Waals surface area contributed by atoms with E-state index in [-0.39, 0.29) is 12.0 Å². The fourth-order valence-electron chi connectivity index (χ4n) is 4.29. The number of ether oxygens (including phenoxy) is 1. The molecule has 4 rings (SSSR count). The van der Waals surface area contributed by atoms with Gasteiger partial charge in [0.2, 0.25) is 0 Å². The topological polar surface area (TPSA) is 68.3 Å². The predicted octanol–water partition coefficient (Wildman–Crippen LogP) is 5.83. The smallest absolute Gasteiger partial charge is 0.339 e. The first-order valence-electron chi connectivity index (χ1n) is 10.9. The molecule has 6 heteroatoms. The monoisotopic (exact) mass is 450 g/mol. The maximum atomic E-state index is 13.2. The van der Waals surface area contributed by atoms with E-state index < -0.39 is 11.9 Å². The summed E-state index contributed by atoms with van der Waals surface area (Å²) >= 11 is 5.88. The predicted molar refractivity (Wildman–Crippen MR) is 127 cm³/mol. The molecule has 0 aliphatic heterocycles. The van der Waals surface area contributed by atoms with Crippen molar-refractivity contribution in [1.82, 2.24) is 4.98 Å². The van der Waals surface area contributed by atoms with Gasteiger partial charge >= 0.3 is 5.97 Å². The minimum atomic E-state index is -0.485. The largest absolute Gasteiger partial charge is 0.452 e. The second kappa shape index (κ2) is 8.91. The third-order valence-electron chi connectivity index (χ3n) is 6.15. The molecule has 1 N–H and O–H groups in total. The van der Waals surface area contributed by atoms with Crippen molar-refractivity contribution in [2.45, 2.75) is 40.0 Å². The van der Waals surface area contributed by atoms with Gasteiger partial charge in [-0.1, -0.05) is 50.6 Å². The number of aryl methyl sites for hydroxylation is 1. The Morgan fingerprint density at radius 1 is 1.12 bits per heavy atom. The number of fused-ring (bicyclic) bond motifs is 2. The zero-order valence-corrected chi connectivity index (χ0v) is 19.3. The van der Waals surface area contributed by atoms with E-state index in [4.69, 9.17) is 21.3 Å². The first kappa shape index (κ1) is 22.3. The van der Waals surface area contributed by atoms with Crippen molar-refractivity contribution in [3.8, 4) is 0 Å². The molecule has 0 saturated carbocycles. The Bertz CT molecular complexity index is 1170.